The standard InChI is InChI=1S/C18H24F2/c19-14-2-1-3-15-4-6-16(7-5-15)8-9-17-10-12-18(20)13-11-17/h2,10-16H,1,3-9H2. The Morgan fingerprint density at radius 1 is 0.950 bits per heavy atom. The van der Waals surface area contributed by atoms with Crippen molar-refractivity contribution in [2.24, 2.45) is 11.8 Å². The van der Waals surface area contributed by atoms with Gasteiger partial charge in [-0.2, -0.15) is 0 Å². The Morgan fingerprint density at radius 2 is 1.55 bits per heavy atom. The summed E-state index contributed by atoms with van der Waals surface area (Å²) in [4.78, 5) is 0. The first-order valence-electron chi connectivity index (χ1n) is 7.77. The van der Waals surface area contributed by atoms with Crippen LogP contribution in [0.1, 0.15) is 50.5 Å². The minimum Gasteiger partial charge on any atom is -0.216 e. The summed E-state index contributed by atoms with van der Waals surface area (Å²) in [6, 6.07) is 6.88. The van der Waals surface area contributed by atoms with Crippen molar-refractivity contribution in [2.45, 2.75) is 51.4 Å². The van der Waals surface area contributed by atoms with Crippen LogP contribution in [0.25, 0.3) is 0 Å². The quantitative estimate of drug-likeness (QED) is 0.614. The van der Waals surface area contributed by atoms with E-state index in [1.807, 2.05) is 12.1 Å². The zero-order chi connectivity index (χ0) is 14.2. The first kappa shape index (κ1) is 15.2. The Bertz CT molecular complexity index is 400. The summed E-state index contributed by atoms with van der Waals surface area (Å²) in [5, 5.41) is 0. The van der Waals surface area contributed by atoms with E-state index in [9.17, 15) is 8.78 Å². The van der Waals surface area contributed by atoms with Crippen molar-refractivity contribution in [1.29, 1.82) is 0 Å². The van der Waals surface area contributed by atoms with Crippen molar-refractivity contribution >= 4 is 0 Å². The molecule has 0 radical (unpaired) electrons. The van der Waals surface area contributed by atoms with Gasteiger partial charge in [0.2, 0.25) is 0 Å². The number of rotatable bonds is 6. The Labute approximate surface area is 120 Å². The van der Waals surface area contributed by atoms with E-state index in [1.54, 1.807) is 18.2 Å². The first-order valence-corrected chi connectivity index (χ1v) is 7.77. The first-order chi connectivity index (χ1) is 9.78. The average molecular weight is 278 g/mol. The maximum Gasteiger partial charge on any atom is 0.123 e. The van der Waals surface area contributed by atoms with E-state index >= 15 is 0 Å². The molecule has 0 saturated heterocycles. The highest BCUT2D eigenvalue weighted by Crippen LogP contribution is 2.33. The van der Waals surface area contributed by atoms with Gasteiger partial charge in [-0.15, -0.1) is 0 Å². The Balaban J connectivity index is 1.65. The summed E-state index contributed by atoms with van der Waals surface area (Å²) in [6.07, 6.45) is 11.7. The van der Waals surface area contributed by atoms with Crippen LogP contribution in [0.3, 0.4) is 0 Å². The average Bonchev–Trinajstić information content (AvgIpc) is 2.48. The third-order valence-electron chi connectivity index (χ3n) is 4.55. The molecule has 0 N–H and O–H groups in total. The van der Waals surface area contributed by atoms with E-state index in [2.05, 4.69) is 0 Å². The Kier molecular flexibility index (Phi) is 6.23. The summed E-state index contributed by atoms with van der Waals surface area (Å²) < 4.78 is 24.7. The van der Waals surface area contributed by atoms with Gasteiger partial charge < -0.3 is 0 Å². The van der Waals surface area contributed by atoms with Crippen LogP contribution >= 0.6 is 0 Å². The lowest BCUT2D eigenvalue weighted by Gasteiger charge is -2.28. The molecule has 0 bridgehead atoms. The molecule has 0 amide bonds. The highest BCUT2D eigenvalue weighted by Gasteiger charge is 2.20. The van der Waals surface area contributed by atoms with E-state index in [0.717, 1.165) is 31.1 Å². The van der Waals surface area contributed by atoms with Gasteiger partial charge >= 0.3 is 0 Å². The minimum absolute atomic E-state index is 0.156. The van der Waals surface area contributed by atoms with Crippen LogP contribution in [0.15, 0.2) is 36.7 Å². The van der Waals surface area contributed by atoms with Crippen molar-refractivity contribution in [1.82, 2.24) is 0 Å². The fourth-order valence-corrected chi connectivity index (χ4v) is 3.23. The summed E-state index contributed by atoms with van der Waals surface area (Å²) in [7, 11) is 0. The molecular weight excluding hydrogens is 254 g/mol. The van der Waals surface area contributed by atoms with Gasteiger partial charge in [-0.3, -0.25) is 0 Å². The van der Waals surface area contributed by atoms with Gasteiger partial charge in [-0.05, 0) is 55.2 Å². The van der Waals surface area contributed by atoms with E-state index in [0.29, 0.717) is 6.33 Å². The summed E-state index contributed by atoms with van der Waals surface area (Å²) in [6.45, 7) is 0. The van der Waals surface area contributed by atoms with Crippen LogP contribution in [0.2, 0.25) is 0 Å². The maximum atomic E-state index is 12.8. The SMILES string of the molecule is FC=CCCC1CCC(CCc2ccc(F)cc2)CC1. The van der Waals surface area contributed by atoms with Crippen molar-refractivity contribution in [3.63, 3.8) is 0 Å². The predicted molar refractivity (Wildman–Crippen MR) is 79.7 cm³/mol. The largest absolute Gasteiger partial charge is 0.216 e. The van der Waals surface area contributed by atoms with Gasteiger partial charge in [0.15, 0.2) is 0 Å². The zero-order valence-electron chi connectivity index (χ0n) is 12.0. The van der Waals surface area contributed by atoms with Crippen LogP contribution in [-0.4, -0.2) is 0 Å². The van der Waals surface area contributed by atoms with Crippen LogP contribution in [0, 0.1) is 17.7 Å². The lowest BCUT2D eigenvalue weighted by Crippen LogP contribution is -2.15. The topological polar surface area (TPSA) is 0 Å². The zero-order valence-corrected chi connectivity index (χ0v) is 12.0. The third-order valence-corrected chi connectivity index (χ3v) is 4.55. The van der Waals surface area contributed by atoms with Crippen molar-refractivity contribution in [2.75, 3.05) is 0 Å². The second-order valence-corrected chi connectivity index (χ2v) is 5.99. The van der Waals surface area contributed by atoms with Crippen molar-refractivity contribution in [3.05, 3.63) is 48.1 Å². The lowest BCUT2D eigenvalue weighted by molar-refractivity contribution is 0.254. The molecule has 110 valence electrons. The fourth-order valence-electron chi connectivity index (χ4n) is 3.23. The molecular formula is C18H24F2. The maximum absolute atomic E-state index is 12.8. The minimum atomic E-state index is -0.156. The van der Waals surface area contributed by atoms with Gasteiger partial charge in [0.05, 0.1) is 6.33 Å². The molecule has 1 aromatic rings. The molecule has 0 aliphatic heterocycles. The van der Waals surface area contributed by atoms with E-state index in [-0.39, 0.29) is 5.82 Å². The van der Waals surface area contributed by atoms with E-state index in [1.165, 1.54) is 37.7 Å². The molecule has 1 aromatic carbocycles. The van der Waals surface area contributed by atoms with E-state index < -0.39 is 0 Å². The summed E-state index contributed by atoms with van der Waals surface area (Å²) >= 11 is 0. The van der Waals surface area contributed by atoms with Gasteiger partial charge in [-0.1, -0.05) is 43.9 Å². The molecule has 2 heteroatoms. The second kappa shape index (κ2) is 8.18. The number of hydrogen-bond acceptors (Lipinski definition) is 0. The van der Waals surface area contributed by atoms with Gasteiger partial charge in [0.25, 0.3) is 0 Å². The predicted octanol–water partition coefficient (Wildman–Crippen LogP) is 5.83. The van der Waals surface area contributed by atoms with Crippen molar-refractivity contribution < 1.29 is 8.78 Å². The molecule has 0 unspecified atom stereocenters. The van der Waals surface area contributed by atoms with Crippen LogP contribution < -0.4 is 0 Å². The van der Waals surface area contributed by atoms with Gasteiger partial charge in [0.1, 0.15) is 5.82 Å². The molecule has 2 rings (SSSR count). The van der Waals surface area contributed by atoms with Crippen LogP contribution in [-0.2, 0) is 6.42 Å². The molecule has 1 fully saturated rings. The van der Waals surface area contributed by atoms with Crippen molar-refractivity contribution in [3.8, 4) is 0 Å². The molecule has 1 saturated carbocycles. The third kappa shape index (κ3) is 5.07. The Hall–Kier alpha value is -1.18. The van der Waals surface area contributed by atoms with Crippen LogP contribution in [0.5, 0.6) is 0 Å². The molecule has 1 aliphatic rings. The lowest BCUT2D eigenvalue weighted by atomic mass is 9.78. The molecule has 0 atom stereocenters. The van der Waals surface area contributed by atoms with Gasteiger partial charge in [-0.25, -0.2) is 8.78 Å². The fraction of sp³-hybridized carbons (Fsp3) is 0.556. The monoisotopic (exact) mass is 278 g/mol. The normalized spacial score (nSPS) is 23.3. The number of halogens is 2. The Morgan fingerprint density at radius 3 is 2.15 bits per heavy atom. The molecule has 0 spiro atoms. The summed E-state index contributed by atoms with van der Waals surface area (Å²) in [5.41, 5.74) is 1.24. The molecule has 0 nitrogen and oxygen atoms in total. The molecule has 0 heterocycles. The van der Waals surface area contributed by atoms with E-state index in [4.69, 9.17) is 0 Å². The van der Waals surface area contributed by atoms with Gasteiger partial charge in [0, 0.05) is 0 Å². The second-order valence-electron chi connectivity index (χ2n) is 5.99. The molecule has 1 aliphatic carbocycles. The molecule has 0 aromatic heterocycles. The highest BCUT2D eigenvalue weighted by atomic mass is 19.1. The number of aryl methyl sites for hydroxylation is 1. The number of benzene rings is 1. The summed E-state index contributed by atoms with van der Waals surface area (Å²) in [5.74, 6) is 1.44. The number of hydrogen-bond donors (Lipinski definition) is 0. The molecule has 20 heavy (non-hydrogen) atoms. The number of allylic oxidation sites excluding steroid dienone is 1. The van der Waals surface area contributed by atoms with Crippen LogP contribution in [0.4, 0.5) is 8.78 Å². The highest BCUT2D eigenvalue weighted by molar-refractivity contribution is 5.16. The smallest absolute Gasteiger partial charge is 0.123 e.